The van der Waals surface area contributed by atoms with Crippen molar-refractivity contribution >= 4 is 20.8 Å². The van der Waals surface area contributed by atoms with E-state index in [9.17, 15) is 0 Å². The fourth-order valence-electron chi connectivity index (χ4n) is 0. The average Bonchev–Trinajstić information content (AvgIpc) is 1.12. The molecule has 11 heavy (non-hydrogen) atoms. The van der Waals surface area contributed by atoms with Crippen molar-refractivity contribution in [1.82, 2.24) is 0 Å². The van der Waals surface area contributed by atoms with Crippen molar-refractivity contribution in [1.29, 1.82) is 0 Å². The van der Waals surface area contributed by atoms with E-state index < -0.39 is 20.8 Å². The van der Waals surface area contributed by atoms with E-state index >= 15 is 0 Å². The zero-order valence-corrected chi connectivity index (χ0v) is 8.29. The average molecular weight is 292 g/mol. The zero-order valence-electron chi connectivity index (χ0n) is 4.65. The molecule has 4 N–H and O–H groups in total. The van der Waals surface area contributed by atoms with Gasteiger partial charge in [-0.15, -0.1) is 0 Å². The van der Waals surface area contributed by atoms with E-state index in [1.165, 1.54) is 0 Å². The van der Waals surface area contributed by atoms with Crippen LogP contribution < -0.4 is 0 Å². The van der Waals surface area contributed by atoms with E-state index in [0.717, 1.165) is 0 Å². The first kappa shape index (κ1) is 17.5. The van der Waals surface area contributed by atoms with E-state index in [1.807, 2.05) is 0 Å². The van der Waals surface area contributed by atoms with Crippen LogP contribution in [-0.2, 0) is 41.9 Å². The molecule has 0 radical (unpaired) electrons. The van der Waals surface area contributed by atoms with Crippen LogP contribution in [0.2, 0.25) is 0 Å². The summed E-state index contributed by atoms with van der Waals surface area (Å²) in [5.74, 6) is 0. The molecule has 0 aliphatic heterocycles. The predicted octanol–water partition coefficient (Wildman–Crippen LogP) is -1.31. The van der Waals surface area contributed by atoms with E-state index in [1.54, 1.807) is 0 Å². The first-order valence-electron chi connectivity index (χ1n) is 1.40. The maximum absolute atomic E-state index is 8.74. The monoisotopic (exact) mass is 294 g/mol. The minimum atomic E-state index is -4.67. The van der Waals surface area contributed by atoms with Crippen LogP contribution in [0.25, 0.3) is 0 Å². The van der Waals surface area contributed by atoms with Gasteiger partial charge >= 0.3 is 20.8 Å². The summed E-state index contributed by atoms with van der Waals surface area (Å²) in [4.78, 5) is 0. The molecule has 0 aromatic carbocycles. The van der Waals surface area contributed by atoms with Gasteiger partial charge in [0.15, 0.2) is 0 Å². The Balaban J connectivity index is -0.000000107. The number of rotatable bonds is 0. The van der Waals surface area contributed by atoms with Gasteiger partial charge in [-0.25, -0.2) is 0 Å². The van der Waals surface area contributed by atoms with Crippen molar-refractivity contribution < 1.29 is 56.1 Å². The van der Waals surface area contributed by atoms with Gasteiger partial charge < -0.3 is 0 Å². The number of hydrogen-bond donors (Lipinski definition) is 4. The zero-order chi connectivity index (χ0) is 9.00. The smallest absolute Gasteiger partial charge is 0.264 e. The van der Waals surface area contributed by atoms with Crippen molar-refractivity contribution in [3.63, 3.8) is 0 Å². The van der Waals surface area contributed by atoms with Crippen molar-refractivity contribution in [2.45, 2.75) is 0 Å². The van der Waals surface area contributed by atoms with Gasteiger partial charge in [-0.1, -0.05) is 0 Å². The molecule has 70 valence electrons. The SMILES string of the molecule is O=S(=O)(O)O.O=S(=O)(O)O.[Mo]. The van der Waals surface area contributed by atoms with Crippen molar-refractivity contribution in [2.75, 3.05) is 0 Å². The molecule has 0 aromatic heterocycles. The Morgan fingerprint density at radius 3 is 0.636 bits per heavy atom. The third-order valence-corrected chi connectivity index (χ3v) is 0. The molecule has 0 heterocycles. The molecule has 0 spiro atoms. The van der Waals surface area contributed by atoms with Gasteiger partial charge in [0.25, 0.3) is 0 Å². The molecule has 0 aliphatic carbocycles. The van der Waals surface area contributed by atoms with Crippen LogP contribution in [0.4, 0.5) is 0 Å². The van der Waals surface area contributed by atoms with Crippen LogP contribution in [0.3, 0.4) is 0 Å². The summed E-state index contributed by atoms with van der Waals surface area (Å²) < 4.78 is 63.2. The molecule has 11 heteroatoms. The van der Waals surface area contributed by atoms with Crippen LogP contribution in [0.1, 0.15) is 0 Å². The van der Waals surface area contributed by atoms with Gasteiger partial charge in [-0.2, -0.15) is 16.8 Å². The van der Waals surface area contributed by atoms with E-state index in [-0.39, 0.29) is 21.1 Å². The fourth-order valence-corrected chi connectivity index (χ4v) is 0. The van der Waals surface area contributed by atoms with Crippen LogP contribution in [0.5, 0.6) is 0 Å². The molecule has 0 unspecified atom stereocenters. The van der Waals surface area contributed by atoms with Crippen LogP contribution >= 0.6 is 0 Å². The summed E-state index contributed by atoms with van der Waals surface area (Å²) in [6.45, 7) is 0. The van der Waals surface area contributed by atoms with Gasteiger partial charge in [-0.05, 0) is 0 Å². The quantitative estimate of drug-likeness (QED) is 0.317. The molecule has 0 atom stereocenters. The molecule has 0 saturated heterocycles. The molecule has 0 aliphatic rings. The molecule has 0 bridgehead atoms. The largest absolute Gasteiger partial charge is 0.394 e. The van der Waals surface area contributed by atoms with Gasteiger partial charge in [0, 0.05) is 21.1 Å². The van der Waals surface area contributed by atoms with Gasteiger partial charge in [0.05, 0.1) is 0 Å². The van der Waals surface area contributed by atoms with E-state index in [4.69, 9.17) is 35.0 Å². The Morgan fingerprint density at radius 2 is 0.636 bits per heavy atom. The van der Waals surface area contributed by atoms with Gasteiger partial charge in [-0.3, -0.25) is 18.2 Å². The molecule has 0 amide bonds. The maximum atomic E-state index is 8.74. The third kappa shape index (κ3) is 4040. The Kier molecular flexibility index (Phi) is 9.55. The Morgan fingerprint density at radius 1 is 0.636 bits per heavy atom. The molecule has 0 rings (SSSR count). The van der Waals surface area contributed by atoms with Crippen molar-refractivity contribution in [2.24, 2.45) is 0 Å². The topological polar surface area (TPSA) is 149 Å². The molecule has 8 nitrogen and oxygen atoms in total. The molecular formula is H4MoO8S2. The first-order valence-corrected chi connectivity index (χ1v) is 4.19. The van der Waals surface area contributed by atoms with E-state index in [0.29, 0.717) is 0 Å². The molecule has 0 fully saturated rings. The van der Waals surface area contributed by atoms with Crippen LogP contribution in [0.15, 0.2) is 0 Å². The summed E-state index contributed by atoms with van der Waals surface area (Å²) in [5.41, 5.74) is 0. The first-order chi connectivity index (χ1) is 4.00. The summed E-state index contributed by atoms with van der Waals surface area (Å²) in [6.07, 6.45) is 0. The van der Waals surface area contributed by atoms with Crippen molar-refractivity contribution in [3.05, 3.63) is 0 Å². The maximum Gasteiger partial charge on any atom is 0.394 e. The second-order valence-electron chi connectivity index (χ2n) is 0.896. The second-order valence-corrected chi connectivity index (χ2v) is 2.69. The Bertz CT molecular complexity index is 208. The normalized spacial score (nSPS) is 10.5. The van der Waals surface area contributed by atoms with E-state index in [2.05, 4.69) is 0 Å². The second kappa shape index (κ2) is 6.00. The molecule has 0 aromatic rings. The summed E-state index contributed by atoms with van der Waals surface area (Å²) in [6, 6.07) is 0. The van der Waals surface area contributed by atoms with Gasteiger partial charge in [0.2, 0.25) is 0 Å². The molecular weight excluding hydrogens is 288 g/mol. The Hall–Kier alpha value is 0.428. The van der Waals surface area contributed by atoms with Crippen LogP contribution in [0, 0.1) is 0 Å². The number of hydrogen-bond acceptors (Lipinski definition) is 4. The minimum Gasteiger partial charge on any atom is -0.264 e. The summed E-state index contributed by atoms with van der Waals surface area (Å²) >= 11 is 0. The Labute approximate surface area is 77.0 Å². The third-order valence-electron chi connectivity index (χ3n) is 0. The van der Waals surface area contributed by atoms with Crippen LogP contribution in [-0.4, -0.2) is 35.0 Å². The summed E-state index contributed by atoms with van der Waals surface area (Å²) in [5, 5.41) is 0. The fraction of sp³-hybridized carbons (Fsp3) is 0. The van der Waals surface area contributed by atoms with Gasteiger partial charge in [0.1, 0.15) is 0 Å². The minimum absolute atomic E-state index is 0. The summed E-state index contributed by atoms with van der Waals surface area (Å²) in [7, 11) is -9.33. The predicted molar refractivity (Wildman–Crippen MR) is 28.4 cm³/mol. The van der Waals surface area contributed by atoms with Crippen molar-refractivity contribution in [3.8, 4) is 0 Å². The standard InChI is InChI=1S/Mo.2H2O4S/c;2*1-5(2,3)4/h;2*(H2,1,2,3,4). The molecule has 0 saturated carbocycles.